The lowest BCUT2D eigenvalue weighted by atomic mass is 10.1. The van der Waals surface area contributed by atoms with Crippen LogP contribution in [0.4, 0.5) is 4.79 Å². The lowest BCUT2D eigenvalue weighted by Crippen LogP contribution is -2.43. The maximum absolute atomic E-state index is 12.7. The fourth-order valence-corrected chi connectivity index (χ4v) is 3.43. The number of ether oxygens (including phenoxy) is 2. The fraction of sp³-hybridized carbons (Fsp3) is 0.450. The van der Waals surface area contributed by atoms with Crippen molar-refractivity contribution in [3.05, 3.63) is 23.4 Å². The van der Waals surface area contributed by atoms with Crippen molar-refractivity contribution in [3.63, 3.8) is 0 Å². The van der Waals surface area contributed by atoms with Gasteiger partial charge in [-0.25, -0.2) is 9.69 Å². The van der Waals surface area contributed by atoms with Crippen molar-refractivity contribution in [1.82, 2.24) is 15.1 Å². The number of carbonyl (C=O) groups is 3. The van der Waals surface area contributed by atoms with E-state index in [-0.39, 0.29) is 35.4 Å². The van der Waals surface area contributed by atoms with Crippen LogP contribution in [0.2, 0.25) is 0 Å². The van der Waals surface area contributed by atoms with Crippen molar-refractivity contribution in [2.75, 3.05) is 33.9 Å². The van der Waals surface area contributed by atoms with E-state index in [1.54, 1.807) is 4.90 Å². The number of phenolic OH excluding ortho intramolecular Hbond substituents is 1. The Morgan fingerprint density at radius 2 is 1.69 bits per heavy atom. The first-order valence-corrected chi connectivity index (χ1v) is 9.52. The van der Waals surface area contributed by atoms with Crippen molar-refractivity contribution < 1.29 is 29.0 Å². The molecule has 2 aliphatic heterocycles. The van der Waals surface area contributed by atoms with Crippen LogP contribution in [0.25, 0.3) is 6.08 Å². The highest BCUT2D eigenvalue weighted by atomic mass is 16.5. The van der Waals surface area contributed by atoms with Crippen LogP contribution in [-0.2, 0) is 9.59 Å². The number of amides is 4. The predicted molar refractivity (Wildman–Crippen MR) is 104 cm³/mol. The Morgan fingerprint density at radius 1 is 1.10 bits per heavy atom. The van der Waals surface area contributed by atoms with Crippen LogP contribution in [0.15, 0.2) is 17.8 Å². The Labute approximate surface area is 168 Å². The molecule has 0 aromatic heterocycles. The van der Waals surface area contributed by atoms with Gasteiger partial charge in [-0.1, -0.05) is 12.8 Å². The molecule has 0 aliphatic carbocycles. The van der Waals surface area contributed by atoms with Gasteiger partial charge < -0.3 is 24.8 Å². The summed E-state index contributed by atoms with van der Waals surface area (Å²) in [7, 11) is 2.79. The van der Waals surface area contributed by atoms with Crippen LogP contribution in [0.3, 0.4) is 0 Å². The Kier molecular flexibility index (Phi) is 6.26. The van der Waals surface area contributed by atoms with E-state index in [0.29, 0.717) is 18.7 Å². The minimum atomic E-state index is -0.637. The van der Waals surface area contributed by atoms with E-state index in [0.717, 1.165) is 30.6 Å². The summed E-state index contributed by atoms with van der Waals surface area (Å²) in [5.41, 5.74) is 0.523. The van der Waals surface area contributed by atoms with E-state index in [1.165, 1.54) is 32.4 Å². The van der Waals surface area contributed by atoms with Crippen LogP contribution < -0.4 is 14.8 Å². The van der Waals surface area contributed by atoms with Gasteiger partial charge in [-0.3, -0.25) is 9.59 Å². The Balaban J connectivity index is 1.77. The van der Waals surface area contributed by atoms with Gasteiger partial charge in [0.1, 0.15) is 12.2 Å². The van der Waals surface area contributed by atoms with Gasteiger partial charge in [-0.2, -0.15) is 0 Å². The van der Waals surface area contributed by atoms with Crippen molar-refractivity contribution in [1.29, 1.82) is 0 Å². The number of nitrogens with zero attached hydrogens (tertiary/aromatic N) is 2. The first-order chi connectivity index (χ1) is 13.9. The maximum atomic E-state index is 12.7. The molecule has 9 nitrogen and oxygen atoms in total. The minimum Gasteiger partial charge on any atom is -0.502 e. The van der Waals surface area contributed by atoms with Crippen LogP contribution in [-0.4, -0.2) is 66.6 Å². The molecule has 0 radical (unpaired) electrons. The van der Waals surface area contributed by atoms with Gasteiger partial charge in [0.25, 0.3) is 5.91 Å². The minimum absolute atomic E-state index is 0.0356. The van der Waals surface area contributed by atoms with Gasteiger partial charge in [-0.15, -0.1) is 0 Å². The number of nitrogens with one attached hydrogen (secondary N) is 1. The van der Waals surface area contributed by atoms with Crippen LogP contribution >= 0.6 is 0 Å². The average molecular weight is 403 g/mol. The molecule has 0 unspecified atom stereocenters. The average Bonchev–Trinajstić information content (AvgIpc) is 2.91. The van der Waals surface area contributed by atoms with Gasteiger partial charge >= 0.3 is 6.03 Å². The maximum Gasteiger partial charge on any atom is 0.329 e. The molecular formula is C20H25N3O6. The zero-order valence-electron chi connectivity index (χ0n) is 16.6. The summed E-state index contributed by atoms with van der Waals surface area (Å²) in [5, 5.41) is 12.5. The number of aromatic hydroxyl groups is 1. The molecule has 0 atom stereocenters. The number of urea groups is 1. The van der Waals surface area contributed by atoms with Gasteiger partial charge in [0.2, 0.25) is 11.7 Å². The number of methoxy groups -OCH3 is 2. The molecule has 0 saturated carbocycles. The number of hydrogen-bond acceptors (Lipinski definition) is 6. The van der Waals surface area contributed by atoms with Crippen LogP contribution in [0.5, 0.6) is 17.2 Å². The summed E-state index contributed by atoms with van der Waals surface area (Å²) in [4.78, 5) is 40.1. The molecule has 2 N–H and O–H groups in total. The third-order valence-corrected chi connectivity index (χ3v) is 5.03. The molecule has 2 fully saturated rings. The Morgan fingerprint density at radius 3 is 2.24 bits per heavy atom. The SMILES string of the molecule is COc1cc(/C=C2\NC(=O)N(CC(=O)N3CCCCCC3)C2=O)cc(OC)c1O. The van der Waals surface area contributed by atoms with Crippen molar-refractivity contribution in [2.24, 2.45) is 0 Å². The number of phenols is 1. The van der Waals surface area contributed by atoms with Gasteiger partial charge in [-0.05, 0) is 36.6 Å². The highest BCUT2D eigenvalue weighted by Gasteiger charge is 2.36. The monoisotopic (exact) mass is 403 g/mol. The lowest BCUT2D eigenvalue weighted by molar-refractivity contribution is -0.135. The highest BCUT2D eigenvalue weighted by molar-refractivity contribution is 6.15. The summed E-state index contributed by atoms with van der Waals surface area (Å²) < 4.78 is 10.2. The molecule has 0 bridgehead atoms. The number of likely N-dealkylation sites (tertiary alicyclic amines) is 1. The highest BCUT2D eigenvalue weighted by Crippen LogP contribution is 2.37. The van der Waals surface area contributed by atoms with Crippen LogP contribution in [0, 0.1) is 0 Å². The molecule has 9 heteroatoms. The van der Waals surface area contributed by atoms with E-state index >= 15 is 0 Å². The molecule has 4 amide bonds. The van der Waals surface area contributed by atoms with Gasteiger partial charge in [0.05, 0.1) is 14.2 Å². The third-order valence-electron chi connectivity index (χ3n) is 5.03. The first kappa shape index (κ1) is 20.5. The summed E-state index contributed by atoms with van der Waals surface area (Å²) in [5.74, 6) is -0.639. The smallest absolute Gasteiger partial charge is 0.329 e. The quantitative estimate of drug-likeness (QED) is 0.572. The van der Waals surface area contributed by atoms with E-state index in [2.05, 4.69) is 5.32 Å². The standard InChI is InChI=1S/C20H25N3O6/c1-28-15-10-13(11-16(29-2)18(15)25)9-14-19(26)23(20(27)21-14)12-17(24)22-7-5-3-4-6-8-22/h9-11,25H,3-8,12H2,1-2H3,(H,21,27)/b14-9-. The number of rotatable bonds is 5. The normalized spacial score (nSPS) is 18.6. The van der Waals surface area contributed by atoms with Crippen molar-refractivity contribution >= 4 is 23.9 Å². The topological polar surface area (TPSA) is 108 Å². The zero-order chi connectivity index (χ0) is 21.0. The molecule has 0 spiro atoms. The number of benzene rings is 1. The van der Waals surface area contributed by atoms with Crippen LogP contribution in [0.1, 0.15) is 31.2 Å². The first-order valence-electron chi connectivity index (χ1n) is 9.52. The molecule has 2 saturated heterocycles. The second-order valence-electron chi connectivity index (χ2n) is 6.95. The van der Waals surface area contributed by atoms with E-state index < -0.39 is 11.9 Å². The molecular weight excluding hydrogens is 378 g/mol. The number of hydrogen-bond donors (Lipinski definition) is 2. The molecule has 3 rings (SSSR count). The summed E-state index contributed by atoms with van der Waals surface area (Å²) in [6, 6.07) is 2.38. The molecule has 1 aromatic carbocycles. The van der Waals surface area contributed by atoms with Gasteiger partial charge in [0.15, 0.2) is 11.5 Å². The summed E-state index contributed by atoms with van der Waals surface area (Å²) in [6.07, 6.45) is 5.48. The fourth-order valence-electron chi connectivity index (χ4n) is 3.43. The molecule has 156 valence electrons. The third kappa shape index (κ3) is 4.44. The molecule has 2 aliphatic rings. The Bertz CT molecular complexity index is 818. The molecule has 2 heterocycles. The predicted octanol–water partition coefficient (Wildman–Crippen LogP) is 1.70. The zero-order valence-corrected chi connectivity index (χ0v) is 16.6. The molecule has 1 aromatic rings. The van der Waals surface area contributed by atoms with E-state index in [9.17, 15) is 19.5 Å². The lowest BCUT2D eigenvalue weighted by Gasteiger charge is -2.22. The molecule has 29 heavy (non-hydrogen) atoms. The van der Waals surface area contributed by atoms with E-state index in [4.69, 9.17) is 9.47 Å². The van der Waals surface area contributed by atoms with Gasteiger partial charge in [0, 0.05) is 13.1 Å². The summed E-state index contributed by atoms with van der Waals surface area (Å²) in [6.45, 7) is 1.01. The van der Waals surface area contributed by atoms with E-state index in [1.807, 2.05) is 0 Å². The van der Waals surface area contributed by atoms with Crippen molar-refractivity contribution in [3.8, 4) is 17.2 Å². The number of carbonyl (C=O) groups excluding carboxylic acids is 3. The van der Waals surface area contributed by atoms with Crippen molar-refractivity contribution in [2.45, 2.75) is 25.7 Å². The largest absolute Gasteiger partial charge is 0.502 e. The second-order valence-corrected chi connectivity index (χ2v) is 6.95. The second kappa shape index (κ2) is 8.85. The Hall–Kier alpha value is -3.23. The number of imide groups is 1. The summed E-state index contributed by atoms with van der Waals surface area (Å²) >= 11 is 0.